The monoisotopic (exact) mass is 385 g/mol. The Morgan fingerprint density at radius 3 is 2.26 bits per heavy atom. The molecule has 5 heteroatoms. The molecule has 0 saturated heterocycles. The molecule has 0 radical (unpaired) electrons. The molecule has 1 aliphatic rings. The highest BCUT2D eigenvalue weighted by atomic mass is 32.2. The number of hydrogen-bond acceptors (Lipinski definition) is 3. The van der Waals surface area contributed by atoms with Gasteiger partial charge in [0.2, 0.25) is 10.0 Å². The second-order valence-corrected chi connectivity index (χ2v) is 9.82. The number of carbonyl (C=O) groups is 1. The highest BCUT2D eigenvalue weighted by Crippen LogP contribution is 2.45. The number of aryl methyl sites for hydroxylation is 1. The van der Waals surface area contributed by atoms with Gasteiger partial charge in [0.05, 0.1) is 10.9 Å². The number of ketones is 1. The van der Waals surface area contributed by atoms with Crippen LogP contribution >= 0.6 is 0 Å². The molecule has 0 spiro atoms. The molecule has 2 unspecified atom stereocenters. The lowest BCUT2D eigenvalue weighted by Gasteiger charge is -2.42. The number of nitrogens with one attached hydrogen (secondary N) is 1. The fourth-order valence-electron chi connectivity index (χ4n) is 4.04. The van der Waals surface area contributed by atoms with E-state index in [0.717, 1.165) is 24.0 Å². The van der Waals surface area contributed by atoms with E-state index < -0.39 is 22.0 Å². The van der Waals surface area contributed by atoms with Crippen molar-refractivity contribution in [1.29, 1.82) is 0 Å². The molecular formula is C22H27NO3S. The van der Waals surface area contributed by atoms with E-state index in [4.69, 9.17) is 0 Å². The standard InChI is InChI=1S/C22H27NO3S/c1-16-11-13-18(14-12-16)27(25,26)23-21(17-8-5-4-6-9-17)20-19(24)10-7-15-22(20,2)3/h4-6,8-9,11-14,20-21,23H,7,10,15H2,1-3H3. The van der Waals surface area contributed by atoms with E-state index in [9.17, 15) is 13.2 Å². The zero-order chi connectivity index (χ0) is 19.7. The Morgan fingerprint density at radius 2 is 1.67 bits per heavy atom. The highest BCUT2D eigenvalue weighted by Gasteiger charge is 2.44. The summed E-state index contributed by atoms with van der Waals surface area (Å²) in [4.78, 5) is 13.1. The first kappa shape index (κ1) is 19.8. The minimum absolute atomic E-state index is 0.131. The van der Waals surface area contributed by atoms with Crippen molar-refractivity contribution in [2.45, 2.75) is 51.0 Å². The summed E-state index contributed by atoms with van der Waals surface area (Å²) in [6.45, 7) is 6.04. The van der Waals surface area contributed by atoms with Crippen LogP contribution in [0.1, 0.15) is 50.3 Å². The fourth-order valence-corrected chi connectivity index (χ4v) is 5.28. The van der Waals surface area contributed by atoms with E-state index in [2.05, 4.69) is 18.6 Å². The van der Waals surface area contributed by atoms with Crippen LogP contribution in [0.15, 0.2) is 59.5 Å². The van der Waals surface area contributed by atoms with Gasteiger partial charge in [0.1, 0.15) is 5.78 Å². The third-order valence-corrected chi connectivity index (χ3v) is 7.00. The summed E-state index contributed by atoms with van der Waals surface area (Å²) in [5.41, 5.74) is 1.55. The average molecular weight is 386 g/mol. The molecule has 1 aliphatic carbocycles. The van der Waals surface area contributed by atoms with Crippen molar-refractivity contribution in [1.82, 2.24) is 4.72 Å². The molecule has 27 heavy (non-hydrogen) atoms. The smallest absolute Gasteiger partial charge is 0.241 e. The SMILES string of the molecule is Cc1ccc(S(=O)(=O)NC(c2ccccc2)C2C(=O)CCCC2(C)C)cc1. The lowest BCUT2D eigenvalue weighted by molar-refractivity contribution is -0.130. The number of Topliss-reactive ketones (excluding diaryl/α,β-unsaturated/α-hetero) is 1. The van der Waals surface area contributed by atoms with Gasteiger partial charge in [-0.1, -0.05) is 61.9 Å². The quantitative estimate of drug-likeness (QED) is 0.829. The average Bonchev–Trinajstić information content (AvgIpc) is 2.61. The summed E-state index contributed by atoms with van der Waals surface area (Å²) >= 11 is 0. The second kappa shape index (κ2) is 7.56. The van der Waals surface area contributed by atoms with Gasteiger partial charge in [-0.2, -0.15) is 0 Å². The molecule has 3 rings (SSSR count). The van der Waals surface area contributed by atoms with E-state index in [1.165, 1.54) is 0 Å². The first-order valence-electron chi connectivity index (χ1n) is 9.37. The number of rotatable bonds is 5. The Kier molecular flexibility index (Phi) is 5.54. The van der Waals surface area contributed by atoms with Crippen LogP contribution in [0.5, 0.6) is 0 Å². The van der Waals surface area contributed by atoms with Gasteiger partial charge in [-0.25, -0.2) is 13.1 Å². The van der Waals surface area contributed by atoms with Crippen molar-refractivity contribution in [2.75, 3.05) is 0 Å². The molecule has 4 nitrogen and oxygen atoms in total. The van der Waals surface area contributed by atoms with E-state index in [1.807, 2.05) is 37.3 Å². The molecule has 1 fully saturated rings. The largest absolute Gasteiger partial charge is 0.299 e. The van der Waals surface area contributed by atoms with Gasteiger partial charge in [-0.15, -0.1) is 0 Å². The number of benzene rings is 2. The fraction of sp³-hybridized carbons (Fsp3) is 0.409. The predicted molar refractivity (Wildman–Crippen MR) is 107 cm³/mol. The summed E-state index contributed by atoms with van der Waals surface area (Å²) < 4.78 is 29.0. The molecule has 1 saturated carbocycles. The molecule has 0 heterocycles. The Morgan fingerprint density at radius 1 is 1.04 bits per heavy atom. The van der Waals surface area contributed by atoms with Gasteiger partial charge < -0.3 is 0 Å². The predicted octanol–water partition coefficient (Wildman–Crippen LogP) is 4.41. The van der Waals surface area contributed by atoms with E-state index in [0.29, 0.717) is 6.42 Å². The molecular weight excluding hydrogens is 358 g/mol. The minimum Gasteiger partial charge on any atom is -0.299 e. The highest BCUT2D eigenvalue weighted by molar-refractivity contribution is 7.89. The molecule has 0 aromatic heterocycles. The van der Waals surface area contributed by atoms with Gasteiger partial charge in [-0.05, 0) is 42.9 Å². The molecule has 2 aromatic carbocycles. The molecule has 0 aliphatic heterocycles. The zero-order valence-electron chi connectivity index (χ0n) is 16.1. The van der Waals surface area contributed by atoms with Crippen LogP contribution in [-0.2, 0) is 14.8 Å². The summed E-state index contributed by atoms with van der Waals surface area (Å²) in [6.07, 6.45) is 2.26. The minimum atomic E-state index is -3.75. The second-order valence-electron chi connectivity index (χ2n) is 8.11. The third kappa shape index (κ3) is 4.30. The maximum atomic E-state index is 13.1. The van der Waals surface area contributed by atoms with E-state index in [1.54, 1.807) is 24.3 Å². The topological polar surface area (TPSA) is 63.2 Å². The maximum absolute atomic E-state index is 13.1. The molecule has 1 N–H and O–H groups in total. The summed E-state index contributed by atoms with van der Waals surface area (Å²) in [7, 11) is -3.75. The van der Waals surface area contributed by atoms with Crippen molar-refractivity contribution >= 4 is 15.8 Å². The summed E-state index contributed by atoms with van der Waals surface area (Å²) in [5, 5.41) is 0. The van der Waals surface area contributed by atoms with Crippen LogP contribution in [0, 0.1) is 18.3 Å². The first-order chi connectivity index (χ1) is 12.7. The first-order valence-corrected chi connectivity index (χ1v) is 10.9. The number of hydrogen-bond donors (Lipinski definition) is 1. The Balaban J connectivity index is 2.03. The normalized spacial score (nSPS) is 21.0. The molecule has 2 atom stereocenters. The van der Waals surface area contributed by atoms with Crippen molar-refractivity contribution in [2.24, 2.45) is 11.3 Å². The van der Waals surface area contributed by atoms with Crippen LogP contribution in [0.25, 0.3) is 0 Å². The Hall–Kier alpha value is -1.98. The number of sulfonamides is 1. The van der Waals surface area contributed by atoms with Crippen molar-refractivity contribution in [3.8, 4) is 0 Å². The van der Waals surface area contributed by atoms with Crippen molar-refractivity contribution in [3.05, 3.63) is 65.7 Å². The molecule has 144 valence electrons. The molecule has 0 amide bonds. The van der Waals surface area contributed by atoms with E-state index in [-0.39, 0.29) is 16.1 Å². The summed E-state index contributed by atoms with van der Waals surface area (Å²) in [5.74, 6) is -0.263. The van der Waals surface area contributed by atoms with Gasteiger partial charge in [0.25, 0.3) is 0 Å². The van der Waals surface area contributed by atoms with Crippen LogP contribution in [0.3, 0.4) is 0 Å². The van der Waals surface area contributed by atoms with Crippen molar-refractivity contribution in [3.63, 3.8) is 0 Å². The van der Waals surface area contributed by atoms with Crippen molar-refractivity contribution < 1.29 is 13.2 Å². The Labute approximate surface area is 162 Å². The molecule has 2 aromatic rings. The van der Waals surface area contributed by atoms with Gasteiger partial charge in [0.15, 0.2) is 0 Å². The lowest BCUT2D eigenvalue weighted by atomic mass is 9.64. The van der Waals surface area contributed by atoms with Crippen LogP contribution < -0.4 is 4.72 Å². The van der Waals surface area contributed by atoms with Crippen LogP contribution in [0.2, 0.25) is 0 Å². The lowest BCUT2D eigenvalue weighted by Crippen LogP contribution is -2.45. The van der Waals surface area contributed by atoms with Gasteiger partial charge >= 0.3 is 0 Å². The Bertz CT molecular complexity index is 902. The van der Waals surface area contributed by atoms with E-state index >= 15 is 0 Å². The maximum Gasteiger partial charge on any atom is 0.241 e. The van der Waals surface area contributed by atoms with Gasteiger partial charge in [-0.3, -0.25) is 4.79 Å². The number of carbonyl (C=O) groups excluding carboxylic acids is 1. The van der Waals surface area contributed by atoms with Crippen LogP contribution in [-0.4, -0.2) is 14.2 Å². The van der Waals surface area contributed by atoms with Gasteiger partial charge in [0, 0.05) is 12.3 Å². The zero-order valence-corrected chi connectivity index (χ0v) is 16.9. The third-order valence-electron chi connectivity index (χ3n) is 5.54. The molecule has 0 bridgehead atoms. The summed E-state index contributed by atoms with van der Waals surface area (Å²) in [6, 6.07) is 15.6. The van der Waals surface area contributed by atoms with Crippen LogP contribution in [0.4, 0.5) is 0 Å².